The van der Waals surface area contributed by atoms with Gasteiger partial charge in [0.25, 0.3) is 0 Å². The number of hydrogen-bond donors (Lipinski definition) is 0. The van der Waals surface area contributed by atoms with Crippen molar-refractivity contribution in [3.8, 4) is 0 Å². The van der Waals surface area contributed by atoms with Gasteiger partial charge in [0, 0.05) is 11.6 Å². The van der Waals surface area contributed by atoms with Gasteiger partial charge in [-0.25, -0.2) is 0 Å². The van der Waals surface area contributed by atoms with E-state index in [4.69, 9.17) is 0 Å². The minimum absolute atomic E-state index is 1.15. The molecule has 0 atom stereocenters. The molecule has 2 rings (SSSR count). The van der Waals surface area contributed by atoms with E-state index in [-0.39, 0.29) is 0 Å². The Morgan fingerprint density at radius 1 is 1.06 bits per heavy atom. The van der Waals surface area contributed by atoms with Gasteiger partial charge in [0.1, 0.15) is 0 Å². The van der Waals surface area contributed by atoms with Crippen LogP contribution in [-0.4, -0.2) is 23.9 Å². The number of aryl methyl sites for hydroxylation is 1. The Labute approximate surface area is 103 Å². The van der Waals surface area contributed by atoms with Crippen molar-refractivity contribution < 1.29 is 0 Å². The maximum atomic E-state index is 2.59. The molecule has 1 saturated heterocycles. The van der Waals surface area contributed by atoms with E-state index in [0.717, 1.165) is 5.75 Å². The molecule has 0 aromatic heterocycles. The van der Waals surface area contributed by atoms with Gasteiger partial charge in [-0.05, 0) is 38.4 Å². The van der Waals surface area contributed by atoms with Crippen LogP contribution >= 0.6 is 11.8 Å². The molecular weight excluding hydrogens is 214 g/mol. The van der Waals surface area contributed by atoms with Crippen molar-refractivity contribution in [2.75, 3.05) is 19.0 Å². The van der Waals surface area contributed by atoms with Crippen LogP contribution < -0.4 is 0 Å². The molecule has 0 aliphatic carbocycles. The maximum Gasteiger partial charge on any atom is 0.0447 e. The van der Waals surface area contributed by atoms with Crippen LogP contribution in [0.25, 0.3) is 0 Å². The first kappa shape index (κ1) is 12.0. The maximum absolute atomic E-state index is 2.59. The monoisotopic (exact) mass is 235 g/mol. The summed E-state index contributed by atoms with van der Waals surface area (Å²) < 4.78 is 0. The van der Waals surface area contributed by atoms with Gasteiger partial charge in [0.15, 0.2) is 0 Å². The topological polar surface area (TPSA) is 3.24 Å². The lowest BCUT2D eigenvalue weighted by Crippen LogP contribution is -2.29. The molecule has 2 heteroatoms. The van der Waals surface area contributed by atoms with Crippen molar-refractivity contribution in [2.45, 2.75) is 31.9 Å². The van der Waals surface area contributed by atoms with E-state index in [2.05, 4.69) is 36.1 Å². The Kier molecular flexibility index (Phi) is 4.73. The molecule has 0 spiro atoms. The number of hydrogen-bond acceptors (Lipinski definition) is 2. The normalized spacial score (nSPS) is 17.6. The summed E-state index contributed by atoms with van der Waals surface area (Å²) in [6.45, 7) is 4.76. The first-order valence-electron chi connectivity index (χ1n) is 6.20. The zero-order chi connectivity index (χ0) is 11.2. The second kappa shape index (κ2) is 6.31. The predicted molar refractivity (Wildman–Crippen MR) is 72.8 cm³/mol. The summed E-state index contributed by atoms with van der Waals surface area (Å²) in [5.74, 6) is 2.35. The van der Waals surface area contributed by atoms with E-state index in [1.54, 1.807) is 0 Å². The van der Waals surface area contributed by atoms with Crippen LogP contribution in [0.3, 0.4) is 0 Å². The molecule has 0 radical (unpaired) electrons. The summed E-state index contributed by atoms with van der Waals surface area (Å²) in [5, 5.41) is 0. The second-order valence-electron chi connectivity index (χ2n) is 4.64. The SMILES string of the molecule is Cc1ccc(CSCN2CCCCC2)cc1. The van der Waals surface area contributed by atoms with E-state index < -0.39 is 0 Å². The van der Waals surface area contributed by atoms with Gasteiger partial charge in [-0.3, -0.25) is 4.90 Å². The van der Waals surface area contributed by atoms with Gasteiger partial charge in [0.05, 0.1) is 0 Å². The lowest BCUT2D eigenvalue weighted by atomic mass is 10.1. The number of benzene rings is 1. The highest BCUT2D eigenvalue weighted by Crippen LogP contribution is 2.17. The molecule has 1 aliphatic heterocycles. The van der Waals surface area contributed by atoms with E-state index in [0.29, 0.717) is 0 Å². The smallest absolute Gasteiger partial charge is 0.0447 e. The summed E-state index contributed by atoms with van der Waals surface area (Å²) in [5.41, 5.74) is 2.80. The van der Waals surface area contributed by atoms with Crippen molar-refractivity contribution in [1.82, 2.24) is 4.90 Å². The highest BCUT2D eigenvalue weighted by atomic mass is 32.2. The fourth-order valence-electron chi connectivity index (χ4n) is 2.07. The average molecular weight is 235 g/mol. The van der Waals surface area contributed by atoms with Gasteiger partial charge in [-0.1, -0.05) is 36.2 Å². The quantitative estimate of drug-likeness (QED) is 0.783. The van der Waals surface area contributed by atoms with Gasteiger partial charge in [-0.15, -0.1) is 11.8 Å². The number of thioether (sulfide) groups is 1. The third kappa shape index (κ3) is 3.84. The summed E-state index contributed by atoms with van der Waals surface area (Å²) >= 11 is 2.04. The molecule has 0 amide bonds. The van der Waals surface area contributed by atoms with E-state index in [1.165, 1.54) is 49.4 Å². The molecule has 16 heavy (non-hydrogen) atoms. The third-order valence-corrected chi connectivity index (χ3v) is 4.20. The third-order valence-electron chi connectivity index (χ3n) is 3.11. The number of likely N-dealkylation sites (tertiary alicyclic amines) is 1. The summed E-state index contributed by atoms with van der Waals surface area (Å²) in [6.07, 6.45) is 4.22. The molecule has 1 heterocycles. The van der Waals surface area contributed by atoms with Crippen LogP contribution in [-0.2, 0) is 5.75 Å². The fourth-order valence-corrected chi connectivity index (χ4v) is 3.10. The molecule has 0 unspecified atom stereocenters. The summed E-state index contributed by atoms with van der Waals surface area (Å²) in [4.78, 5) is 2.59. The van der Waals surface area contributed by atoms with E-state index >= 15 is 0 Å². The molecule has 0 bridgehead atoms. The Bertz CT molecular complexity index is 301. The van der Waals surface area contributed by atoms with Gasteiger partial charge in [0.2, 0.25) is 0 Å². The van der Waals surface area contributed by atoms with Crippen LogP contribution in [0.4, 0.5) is 0 Å². The van der Waals surface area contributed by atoms with Crippen LogP contribution in [0, 0.1) is 6.92 Å². The minimum Gasteiger partial charge on any atom is -0.294 e. The van der Waals surface area contributed by atoms with Crippen molar-refractivity contribution >= 4 is 11.8 Å². The standard InChI is InChI=1S/C14H21NS/c1-13-5-7-14(8-6-13)11-16-12-15-9-3-2-4-10-15/h5-8H,2-4,9-12H2,1H3. The number of piperidine rings is 1. The van der Waals surface area contributed by atoms with Crippen molar-refractivity contribution in [3.05, 3.63) is 35.4 Å². The Morgan fingerprint density at radius 3 is 2.44 bits per heavy atom. The zero-order valence-corrected chi connectivity index (χ0v) is 10.9. The molecule has 1 fully saturated rings. The Hall–Kier alpha value is -0.470. The lowest BCUT2D eigenvalue weighted by Gasteiger charge is -2.25. The number of rotatable bonds is 4. The molecule has 1 aromatic carbocycles. The highest BCUT2D eigenvalue weighted by Gasteiger charge is 2.09. The van der Waals surface area contributed by atoms with E-state index in [1.807, 2.05) is 11.8 Å². The van der Waals surface area contributed by atoms with E-state index in [9.17, 15) is 0 Å². The predicted octanol–water partition coefficient (Wildman–Crippen LogP) is 3.67. The number of nitrogens with zero attached hydrogens (tertiary/aromatic N) is 1. The van der Waals surface area contributed by atoms with Crippen LogP contribution in [0.5, 0.6) is 0 Å². The Balaban J connectivity index is 1.69. The molecule has 1 aliphatic rings. The first-order valence-corrected chi connectivity index (χ1v) is 7.36. The molecular formula is C14H21NS. The molecule has 0 saturated carbocycles. The van der Waals surface area contributed by atoms with Crippen LogP contribution in [0.15, 0.2) is 24.3 Å². The van der Waals surface area contributed by atoms with Crippen molar-refractivity contribution in [1.29, 1.82) is 0 Å². The minimum atomic E-state index is 1.15. The largest absolute Gasteiger partial charge is 0.294 e. The van der Waals surface area contributed by atoms with Crippen LogP contribution in [0.2, 0.25) is 0 Å². The fraction of sp³-hybridized carbons (Fsp3) is 0.571. The van der Waals surface area contributed by atoms with Crippen molar-refractivity contribution in [2.24, 2.45) is 0 Å². The lowest BCUT2D eigenvalue weighted by molar-refractivity contribution is 0.266. The Morgan fingerprint density at radius 2 is 1.75 bits per heavy atom. The highest BCUT2D eigenvalue weighted by molar-refractivity contribution is 7.98. The molecule has 88 valence electrons. The van der Waals surface area contributed by atoms with Gasteiger partial charge >= 0.3 is 0 Å². The zero-order valence-electron chi connectivity index (χ0n) is 10.1. The summed E-state index contributed by atoms with van der Waals surface area (Å²) in [7, 11) is 0. The van der Waals surface area contributed by atoms with Gasteiger partial charge < -0.3 is 0 Å². The van der Waals surface area contributed by atoms with Gasteiger partial charge in [-0.2, -0.15) is 0 Å². The van der Waals surface area contributed by atoms with Crippen molar-refractivity contribution in [3.63, 3.8) is 0 Å². The molecule has 0 N–H and O–H groups in total. The average Bonchev–Trinajstić information content (AvgIpc) is 2.33. The molecule has 1 aromatic rings. The molecule has 1 nitrogen and oxygen atoms in total. The first-order chi connectivity index (χ1) is 7.84. The van der Waals surface area contributed by atoms with Crippen LogP contribution in [0.1, 0.15) is 30.4 Å². The second-order valence-corrected chi connectivity index (χ2v) is 5.60. The summed E-state index contributed by atoms with van der Waals surface area (Å²) in [6, 6.07) is 8.91.